The normalized spacial score (nSPS) is 23.7. The number of benzene rings is 2. The highest BCUT2D eigenvalue weighted by molar-refractivity contribution is 5.77. The summed E-state index contributed by atoms with van der Waals surface area (Å²) in [6.45, 7) is 0. The van der Waals surface area contributed by atoms with Crippen LogP contribution in [0, 0.1) is 5.92 Å². The van der Waals surface area contributed by atoms with Crippen molar-refractivity contribution in [2.45, 2.75) is 24.9 Å². The lowest BCUT2D eigenvalue weighted by molar-refractivity contribution is -0.145. The molecule has 1 fully saturated rings. The van der Waals surface area contributed by atoms with Crippen molar-refractivity contribution in [3.63, 3.8) is 0 Å². The van der Waals surface area contributed by atoms with Gasteiger partial charge >= 0.3 is 5.97 Å². The number of carbonyl (C=O) groups is 1. The highest BCUT2D eigenvalue weighted by Crippen LogP contribution is 2.43. The van der Waals surface area contributed by atoms with Crippen LogP contribution in [0.4, 0.5) is 5.69 Å². The van der Waals surface area contributed by atoms with Gasteiger partial charge in [-0.05, 0) is 36.5 Å². The number of anilines is 1. The number of ether oxygens (including phenoxy) is 1. The number of methoxy groups -OCH3 is 1. The summed E-state index contributed by atoms with van der Waals surface area (Å²) in [7, 11) is 1.38. The standard InChI is InChI=1S/C19H21NO3/c1-23-18(21)14-9-10-19(22,12-14)15-7-8-16(17(20)11-15)13-5-3-2-4-6-13/h2-8,11,14,22H,9-10,12,20H2,1H3. The van der Waals surface area contributed by atoms with Crippen molar-refractivity contribution in [1.29, 1.82) is 0 Å². The van der Waals surface area contributed by atoms with Crippen molar-refractivity contribution < 1.29 is 14.6 Å². The predicted molar refractivity (Wildman–Crippen MR) is 89.5 cm³/mol. The fourth-order valence-corrected chi connectivity index (χ4v) is 3.39. The zero-order chi connectivity index (χ0) is 16.4. The van der Waals surface area contributed by atoms with E-state index in [-0.39, 0.29) is 11.9 Å². The van der Waals surface area contributed by atoms with Crippen molar-refractivity contribution in [3.05, 3.63) is 54.1 Å². The lowest BCUT2D eigenvalue weighted by Gasteiger charge is -2.24. The van der Waals surface area contributed by atoms with Gasteiger partial charge in [0.1, 0.15) is 0 Å². The lowest BCUT2D eigenvalue weighted by Crippen LogP contribution is -2.24. The molecule has 1 saturated carbocycles. The van der Waals surface area contributed by atoms with Gasteiger partial charge < -0.3 is 15.6 Å². The van der Waals surface area contributed by atoms with E-state index in [9.17, 15) is 9.90 Å². The molecule has 1 aliphatic rings. The number of nitrogens with two attached hydrogens (primary N) is 1. The average molecular weight is 311 g/mol. The first kappa shape index (κ1) is 15.6. The van der Waals surface area contributed by atoms with E-state index < -0.39 is 5.60 Å². The summed E-state index contributed by atoms with van der Waals surface area (Å²) in [5, 5.41) is 10.9. The van der Waals surface area contributed by atoms with E-state index in [2.05, 4.69) is 0 Å². The van der Waals surface area contributed by atoms with Crippen molar-refractivity contribution in [3.8, 4) is 11.1 Å². The maximum atomic E-state index is 11.7. The fraction of sp³-hybridized carbons (Fsp3) is 0.316. The Kier molecular flexibility index (Phi) is 4.09. The molecule has 4 nitrogen and oxygen atoms in total. The minimum absolute atomic E-state index is 0.250. The van der Waals surface area contributed by atoms with Crippen molar-refractivity contribution >= 4 is 11.7 Å². The third kappa shape index (κ3) is 2.94. The molecule has 3 rings (SSSR count). The molecule has 0 spiro atoms. The molecule has 0 bridgehead atoms. The lowest BCUT2D eigenvalue weighted by atomic mass is 9.89. The van der Waals surface area contributed by atoms with Gasteiger partial charge in [0, 0.05) is 11.3 Å². The molecule has 0 saturated heterocycles. The summed E-state index contributed by atoms with van der Waals surface area (Å²) in [6.07, 6.45) is 1.55. The number of hydrogen-bond acceptors (Lipinski definition) is 4. The Morgan fingerprint density at radius 1 is 1.26 bits per heavy atom. The van der Waals surface area contributed by atoms with Crippen LogP contribution in [0.2, 0.25) is 0 Å². The molecule has 0 aliphatic heterocycles. The largest absolute Gasteiger partial charge is 0.469 e. The maximum Gasteiger partial charge on any atom is 0.308 e. The number of rotatable bonds is 3. The van der Waals surface area contributed by atoms with Gasteiger partial charge in [-0.1, -0.05) is 42.5 Å². The smallest absolute Gasteiger partial charge is 0.308 e. The van der Waals surface area contributed by atoms with Crippen LogP contribution in [-0.2, 0) is 15.1 Å². The molecule has 2 atom stereocenters. The maximum absolute atomic E-state index is 11.7. The second-order valence-corrected chi connectivity index (χ2v) is 6.16. The van der Waals surface area contributed by atoms with Crippen molar-refractivity contribution in [1.82, 2.24) is 0 Å². The van der Waals surface area contributed by atoms with Gasteiger partial charge in [-0.25, -0.2) is 0 Å². The molecule has 2 aromatic rings. The number of aliphatic hydroxyl groups is 1. The molecule has 1 aliphatic carbocycles. The molecular weight excluding hydrogens is 290 g/mol. The highest BCUT2D eigenvalue weighted by atomic mass is 16.5. The Labute approximate surface area is 135 Å². The van der Waals surface area contributed by atoms with Gasteiger partial charge in [-0.3, -0.25) is 4.79 Å². The number of nitrogen functional groups attached to an aromatic ring is 1. The van der Waals surface area contributed by atoms with Crippen LogP contribution in [0.3, 0.4) is 0 Å². The van der Waals surface area contributed by atoms with Gasteiger partial charge in [0.2, 0.25) is 0 Å². The van der Waals surface area contributed by atoms with Gasteiger partial charge in [-0.15, -0.1) is 0 Å². The Morgan fingerprint density at radius 3 is 2.65 bits per heavy atom. The first-order valence-electron chi connectivity index (χ1n) is 7.79. The fourth-order valence-electron chi connectivity index (χ4n) is 3.39. The van der Waals surface area contributed by atoms with Crippen LogP contribution in [0.1, 0.15) is 24.8 Å². The van der Waals surface area contributed by atoms with E-state index in [4.69, 9.17) is 10.5 Å². The molecule has 0 aromatic heterocycles. The molecule has 0 heterocycles. The van der Waals surface area contributed by atoms with Crippen molar-refractivity contribution in [2.24, 2.45) is 5.92 Å². The Hall–Kier alpha value is -2.33. The first-order valence-corrected chi connectivity index (χ1v) is 7.79. The summed E-state index contributed by atoms with van der Waals surface area (Å²) in [5.41, 5.74) is 8.57. The van der Waals surface area contributed by atoms with Gasteiger partial charge in [0.05, 0.1) is 18.6 Å². The van der Waals surface area contributed by atoms with Crippen LogP contribution >= 0.6 is 0 Å². The Balaban J connectivity index is 1.88. The predicted octanol–water partition coefficient (Wildman–Crippen LogP) is 3.10. The summed E-state index contributed by atoms with van der Waals surface area (Å²) >= 11 is 0. The van der Waals surface area contributed by atoms with Crippen molar-refractivity contribution in [2.75, 3.05) is 12.8 Å². The topological polar surface area (TPSA) is 72.5 Å². The third-order valence-electron chi connectivity index (χ3n) is 4.70. The zero-order valence-electron chi connectivity index (χ0n) is 13.2. The number of carbonyl (C=O) groups excluding carboxylic acids is 1. The van der Waals surface area contributed by atoms with Crippen LogP contribution in [-0.4, -0.2) is 18.2 Å². The van der Waals surface area contributed by atoms with Gasteiger partial charge in [-0.2, -0.15) is 0 Å². The second-order valence-electron chi connectivity index (χ2n) is 6.16. The molecule has 23 heavy (non-hydrogen) atoms. The Morgan fingerprint density at radius 2 is 2.00 bits per heavy atom. The van der Waals surface area contributed by atoms with Gasteiger partial charge in [0.15, 0.2) is 0 Å². The van der Waals surface area contributed by atoms with Gasteiger partial charge in [0.25, 0.3) is 0 Å². The van der Waals surface area contributed by atoms with E-state index >= 15 is 0 Å². The SMILES string of the molecule is COC(=O)C1CCC(O)(c2ccc(-c3ccccc3)c(N)c2)C1. The molecule has 4 heteroatoms. The number of hydrogen-bond donors (Lipinski definition) is 2. The molecule has 2 aromatic carbocycles. The minimum atomic E-state index is -1.01. The third-order valence-corrected chi connectivity index (χ3v) is 4.70. The zero-order valence-corrected chi connectivity index (χ0v) is 13.2. The van der Waals surface area contributed by atoms with Crippen LogP contribution in [0.5, 0.6) is 0 Å². The average Bonchev–Trinajstić information content (AvgIpc) is 2.98. The van der Waals surface area contributed by atoms with E-state index in [1.54, 1.807) is 0 Å². The second kappa shape index (κ2) is 6.05. The quantitative estimate of drug-likeness (QED) is 0.675. The van der Waals surface area contributed by atoms with E-state index in [0.717, 1.165) is 16.7 Å². The molecular formula is C19H21NO3. The molecule has 3 N–H and O–H groups in total. The minimum Gasteiger partial charge on any atom is -0.469 e. The van der Waals surface area contributed by atoms with E-state index in [0.29, 0.717) is 24.9 Å². The van der Waals surface area contributed by atoms with Crippen LogP contribution in [0.15, 0.2) is 48.5 Å². The summed E-state index contributed by atoms with van der Waals surface area (Å²) < 4.78 is 4.79. The highest BCUT2D eigenvalue weighted by Gasteiger charge is 2.42. The summed E-state index contributed by atoms with van der Waals surface area (Å²) in [6, 6.07) is 15.6. The molecule has 0 radical (unpaired) electrons. The van der Waals surface area contributed by atoms with Crippen LogP contribution < -0.4 is 5.73 Å². The molecule has 0 amide bonds. The number of esters is 1. The monoisotopic (exact) mass is 311 g/mol. The first-order chi connectivity index (χ1) is 11.0. The van der Waals surface area contributed by atoms with E-state index in [1.807, 2.05) is 48.5 Å². The summed E-state index contributed by atoms with van der Waals surface area (Å²) in [5.74, 6) is -0.505. The van der Waals surface area contributed by atoms with E-state index in [1.165, 1.54) is 7.11 Å². The summed E-state index contributed by atoms with van der Waals surface area (Å²) in [4.78, 5) is 11.7. The molecule has 120 valence electrons. The Bertz CT molecular complexity index is 714. The molecule has 2 unspecified atom stereocenters. The van der Waals surface area contributed by atoms with Crippen LogP contribution in [0.25, 0.3) is 11.1 Å².